The molecule has 1 aliphatic rings. The minimum Gasteiger partial charge on any atom is -0.822 e. The lowest BCUT2D eigenvalue weighted by molar-refractivity contribution is -0.432. The van der Waals surface area contributed by atoms with Crippen LogP contribution < -0.4 is 20.0 Å². The fourth-order valence-electron chi connectivity index (χ4n) is 1.95. The van der Waals surface area contributed by atoms with Crippen LogP contribution in [-0.4, -0.2) is 6.54 Å². The summed E-state index contributed by atoms with van der Waals surface area (Å²) in [5.41, 5.74) is 2.90. The third kappa shape index (κ3) is 5.46. The van der Waals surface area contributed by atoms with Crippen LogP contribution >= 0.6 is 7.82 Å². The molecule has 0 fully saturated rings. The fourth-order valence-corrected chi connectivity index (χ4v) is 1.95. The van der Waals surface area contributed by atoms with Crippen molar-refractivity contribution in [3.63, 3.8) is 0 Å². The molecule has 0 heterocycles. The quantitative estimate of drug-likeness (QED) is 0.551. The fraction of sp³-hybridized carbons (Fsp3) is 0.333. The molecule has 5 nitrogen and oxygen atoms in total. The maximum Gasteiger partial charge on any atom is 0.0578 e. The van der Waals surface area contributed by atoms with Gasteiger partial charge in [-0.2, -0.15) is 7.82 Å². The number of fused-ring (bicyclic) bond motifs is 1. The normalized spacial score (nSPS) is 17.3. The van der Waals surface area contributed by atoms with Crippen LogP contribution in [0, 0.1) is 12.3 Å². The number of phosphoric acid groups is 1. The molecule has 0 spiro atoms. The van der Waals surface area contributed by atoms with E-state index in [0.29, 0.717) is 12.6 Å². The summed E-state index contributed by atoms with van der Waals surface area (Å²) in [5.74, 6) is 2.61. The number of hydrogen-bond acceptors (Lipinski definition) is 5. The number of nitrogens with one attached hydrogen (secondary N) is 1. The Bertz CT molecular complexity index is 469. The second-order valence-corrected chi connectivity index (χ2v) is 4.72. The van der Waals surface area contributed by atoms with Gasteiger partial charge < -0.3 is 19.2 Å². The van der Waals surface area contributed by atoms with Crippen LogP contribution in [0.3, 0.4) is 0 Å². The van der Waals surface area contributed by atoms with Crippen molar-refractivity contribution in [2.24, 2.45) is 0 Å². The number of hydrogen-bond donors (Lipinski definition) is 1. The Balaban J connectivity index is 0.000000280. The first-order chi connectivity index (χ1) is 8.42. The average Bonchev–Trinajstić information content (AvgIpc) is 2.67. The molecule has 1 aromatic carbocycles. The van der Waals surface area contributed by atoms with E-state index in [1.165, 1.54) is 24.0 Å². The standard InChI is InChI=1S/C12H13N.H3O4P/c1-2-9-13-12-8-7-10-5-3-4-6-11(10)12;1-5(2,3)4/h1,3-6,12-13H,7-9H2;(H3,1,2,3,4)/p-3/t12-;/m0./s1. The van der Waals surface area contributed by atoms with Gasteiger partial charge in [-0.15, -0.1) is 6.42 Å². The second-order valence-electron chi connectivity index (χ2n) is 3.82. The van der Waals surface area contributed by atoms with Crippen LogP contribution in [0.1, 0.15) is 23.6 Å². The first-order valence-electron chi connectivity index (χ1n) is 5.39. The summed E-state index contributed by atoms with van der Waals surface area (Å²) < 4.78 is 8.55. The zero-order valence-corrected chi connectivity index (χ0v) is 10.6. The molecule has 0 aromatic heterocycles. The first-order valence-corrected chi connectivity index (χ1v) is 6.85. The van der Waals surface area contributed by atoms with E-state index in [1.54, 1.807) is 0 Å². The Morgan fingerprint density at radius 2 is 2.00 bits per heavy atom. The summed E-state index contributed by atoms with van der Waals surface area (Å²) >= 11 is 0. The van der Waals surface area contributed by atoms with Crippen molar-refractivity contribution in [1.29, 1.82) is 0 Å². The molecule has 0 unspecified atom stereocenters. The van der Waals surface area contributed by atoms with Gasteiger partial charge in [-0.3, -0.25) is 5.32 Å². The highest BCUT2D eigenvalue weighted by Crippen LogP contribution is 2.30. The molecule has 98 valence electrons. The van der Waals surface area contributed by atoms with E-state index in [2.05, 4.69) is 35.5 Å². The van der Waals surface area contributed by atoms with Gasteiger partial charge in [0.2, 0.25) is 0 Å². The highest BCUT2D eigenvalue weighted by molar-refractivity contribution is 7.40. The van der Waals surface area contributed by atoms with Gasteiger partial charge in [0.05, 0.1) is 6.54 Å². The topological polar surface area (TPSA) is 98.3 Å². The molecule has 0 bridgehead atoms. The van der Waals surface area contributed by atoms with Gasteiger partial charge in [-0.05, 0) is 24.0 Å². The minimum absolute atomic E-state index is 0.479. The number of aryl methyl sites for hydroxylation is 1. The van der Waals surface area contributed by atoms with Crippen LogP contribution in [0.25, 0.3) is 0 Å². The Morgan fingerprint density at radius 1 is 1.39 bits per heavy atom. The van der Waals surface area contributed by atoms with E-state index >= 15 is 0 Å². The lowest BCUT2D eigenvalue weighted by atomic mass is 10.1. The lowest BCUT2D eigenvalue weighted by Crippen LogP contribution is -2.24. The third-order valence-electron chi connectivity index (χ3n) is 2.58. The summed E-state index contributed by atoms with van der Waals surface area (Å²) in [7, 11) is -5.39. The Labute approximate surface area is 106 Å². The molecular weight excluding hydrogens is 253 g/mol. The van der Waals surface area contributed by atoms with Gasteiger partial charge in [-0.25, -0.2) is 0 Å². The molecular formula is C12H13NO4P-3. The van der Waals surface area contributed by atoms with Crippen molar-refractivity contribution in [3.05, 3.63) is 35.4 Å². The zero-order valence-electron chi connectivity index (χ0n) is 9.67. The molecule has 0 saturated carbocycles. The number of benzene rings is 1. The van der Waals surface area contributed by atoms with E-state index in [9.17, 15) is 0 Å². The maximum absolute atomic E-state index is 8.55. The summed E-state index contributed by atoms with van der Waals surface area (Å²) in [5, 5.41) is 3.35. The van der Waals surface area contributed by atoms with Gasteiger partial charge in [0.15, 0.2) is 0 Å². The monoisotopic (exact) mass is 266 g/mol. The molecule has 0 amide bonds. The molecule has 1 aromatic rings. The predicted octanol–water partition coefficient (Wildman–Crippen LogP) is -0.928. The highest BCUT2D eigenvalue weighted by Gasteiger charge is 2.20. The van der Waals surface area contributed by atoms with Gasteiger partial charge >= 0.3 is 0 Å². The maximum atomic E-state index is 8.55. The van der Waals surface area contributed by atoms with E-state index in [-0.39, 0.29) is 0 Å². The molecule has 18 heavy (non-hydrogen) atoms. The van der Waals surface area contributed by atoms with E-state index in [0.717, 1.165) is 0 Å². The summed E-state index contributed by atoms with van der Waals surface area (Å²) in [6.07, 6.45) is 7.57. The van der Waals surface area contributed by atoms with Crippen molar-refractivity contribution < 1.29 is 19.2 Å². The molecule has 2 rings (SSSR count). The Kier molecular flexibility index (Phi) is 5.54. The second kappa shape index (κ2) is 6.69. The van der Waals surface area contributed by atoms with Gasteiger partial charge in [0.1, 0.15) is 0 Å². The number of rotatable bonds is 2. The van der Waals surface area contributed by atoms with Crippen molar-refractivity contribution in [1.82, 2.24) is 5.32 Å². The van der Waals surface area contributed by atoms with E-state index in [4.69, 9.17) is 25.7 Å². The van der Waals surface area contributed by atoms with Crippen LogP contribution in [0.2, 0.25) is 0 Å². The molecule has 0 aliphatic heterocycles. The van der Waals surface area contributed by atoms with Crippen molar-refractivity contribution in [2.45, 2.75) is 18.9 Å². The Hall–Kier alpha value is -1.15. The minimum atomic E-state index is -5.39. The smallest absolute Gasteiger partial charge is 0.0578 e. The average molecular weight is 266 g/mol. The third-order valence-corrected chi connectivity index (χ3v) is 2.58. The zero-order chi connectivity index (χ0) is 13.6. The number of terminal acetylenes is 1. The van der Waals surface area contributed by atoms with Crippen molar-refractivity contribution >= 4 is 7.82 Å². The predicted molar refractivity (Wildman–Crippen MR) is 61.9 cm³/mol. The Morgan fingerprint density at radius 3 is 2.61 bits per heavy atom. The highest BCUT2D eigenvalue weighted by atomic mass is 31.2. The summed E-state index contributed by atoms with van der Waals surface area (Å²) in [6.45, 7) is 0.666. The molecule has 6 heteroatoms. The molecule has 0 saturated heterocycles. The van der Waals surface area contributed by atoms with Gasteiger partial charge in [0, 0.05) is 6.04 Å². The van der Waals surface area contributed by atoms with Crippen LogP contribution in [0.5, 0.6) is 0 Å². The van der Waals surface area contributed by atoms with E-state index in [1.807, 2.05) is 0 Å². The van der Waals surface area contributed by atoms with Crippen LogP contribution in [0.4, 0.5) is 0 Å². The SMILES string of the molecule is C#CCN[C@H]1CCc2ccccc21.O=P([O-])([O-])[O-]. The van der Waals surface area contributed by atoms with Crippen molar-refractivity contribution in [3.8, 4) is 12.3 Å². The van der Waals surface area contributed by atoms with Gasteiger partial charge in [0.25, 0.3) is 0 Å². The first kappa shape index (κ1) is 14.9. The van der Waals surface area contributed by atoms with Crippen LogP contribution in [-0.2, 0) is 11.0 Å². The summed E-state index contributed by atoms with van der Waals surface area (Å²) in [4.78, 5) is 25.6. The molecule has 1 aliphatic carbocycles. The van der Waals surface area contributed by atoms with Gasteiger partial charge in [-0.1, -0.05) is 30.2 Å². The van der Waals surface area contributed by atoms with Crippen LogP contribution in [0.15, 0.2) is 24.3 Å². The lowest BCUT2D eigenvalue weighted by Gasteiger charge is -2.36. The molecule has 0 radical (unpaired) electrons. The molecule has 1 atom stereocenters. The molecule has 1 N–H and O–H groups in total. The van der Waals surface area contributed by atoms with E-state index < -0.39 is 7.82 Å². The largest absolute Gasteiger partial charge is 0.822 e. The van der Waals surface area contributed by atoms with Crippen molar-refractivity contribution in [2.75, 3.05) is 6.54 Å². The summed E-state index contributed by atoms with van der Waals surface area (Å²) in [6, 6.07) is 9.06.